The number of hydrogen-bond acceptors (Lipinski definition) is 3. The van der Waals surface area contributed by atoms with E-state index in [1.54, 1.807) is 18.2 Å². The standard InChI is InChI=1S/C21H24Cl2FN3O/c22-18-3-1-4-19(23)21(18)25-20(28)9-12-26-10-2-11-27(14-13-26)15-16-5-7-17(24)8-6-16/h1,3-8H,2,9-15H2,(H,25,28). The first-order valence-electron chi connectivity index (χ1n) is 9.44. The van der Waals surface area contributed by atoms with Gasteiger partial charge in [-0.1, -0.05) is 41.4 Å². The van der Waals surface area contributed by atoms with Gasteiger partial charge in [-0.15, -0.1) is 0 Å². The lowest BCUT2D eigenvalue weighted by Crippen LogP contribution is -2.32. The van der Waals surface area contributed by atoms with Gasteiger partial charge in [0, 0.05) is 32.6 Å². The molecule has 1 heterocycles. The Morgan fingerprint density at radius 1 is 0.964 bits per heavy atom. The Labute approximate surface area is 175 Å². The monoisotopic (exact) mass is 423 g/mol. The molecule has 1 fully saturated rings. The highest BCUT2D eigenvalue weighted by molar-refractivity contribution is 6.39. The fraction of sp³-hybridized carbons (Fsp3) is 0.381. The summed E-state index contributed by atoms with van der Waals surface area (Å²) >= 11 is 12.2. The number of hydrogen-bond donors (Lipinski definition) is 1. The van der Waals surface area contributed by atoms with Crippen LogP contribution in [0.1, 0.15) is 18.4 Å². The topological polar surface area (TPSA) is 35.6 Å². The molecule has 0 radical (unpaired) electrons. The van der Waals surface area contributed by atoms with Crippen LogP contribution in [0.4, 0.5) is 10.1 Å². The number of amides is 1. The third-order valence-electron chi connectivity index (χ3n) is 4.88. The van der Waals surface area contributed by atoms with Gasteiger partial charge in [0.2, 0.25) is 5.91 Å². The molecule has 1 saturated heterocycles. The van der Waals surface area contributed by atoms with E-state index in [2.05, 4.69) is 15.1 Å². The van der Waals surface area contributed by atoms with E-state index in [9.17, 15) is 9.18 Å². The zero-order valence-corrected chi connectivity index (χ0v) is 17.1. The first kappa shape index (κ1) is 21.1. The van der Waals surface area contributed by atoms with Crippen molar-refractivity contribution in [1.29, 1.82) is 0 Å². The smallest absolute Gasteiger partial charge is 0.225 e. The van der Waals surface area contributed by atoms with Crippen LogP contribution < -0.4 is 5.32 Å². The van der Waals surface area contributed by atoms with Crippen molar-refractivity contribution in [3.05, 3.63) is 63.9 Å². The van der Waals surface area contributed by atoms with Gasteiger partial charge in [0.25, 0.3) is 0 Å². The molecule has 3 rings (SSSR count). The van der Waals surface area contributed by atoms with Crippen molar-refractivity contribution in [3.63, 3.8) is 0 Å². The summed E-state index contributed by atoms with van der Waals surface area (Å²) in [5.41, 5.74) is 1.59. The molecule has 1 N–H and O–H groups in total. The van der Waals surface area contributed by atoms with Gasteiger partial charge in [-0.25, -0.2) is 4.39 Å². The van der Waals surface area contributed by atoms with Gasteiger partial charge in [0.05, 0.1) is 15.7 Å². The van der Waals surface area contributed by atoms with Gasteiger partial charge in [-0.05, 0) is 49.3 Å². The Hall–Kier alpha value is -1.66. The van der Waals surface area contributed by atoms with E-state index in [1.807, 2.05) is 12.1 Å². The summed E-state index contributed by atoms with van der Waals surface area (Å²) in [5.74, 6) is -0.301. The second kappa shape index (κ2) is 10.2. The number of rotatable bonds is 6. The van der Waals surface area contributed by atoms with Crippen molar-refractivity contribution < 1.29 is 9.18 Å². The number of halogens is 3. The summed E-state index contributed by atoms with van der Waals surface area (Å²) in [6, 6.07) is 11.8. The summed E-state index contributed by atoms with van der Waals surface area (Å²) in [6.07, 6.45) is 1.43. The number of carbonyl (C=O) groups is 1. The lowest BCUT2D eigenvalue weighted by Gasteiger charge is -2.21. The van der Waals surface area contributed by atoms with Gasteiger partial charge in [0.15, 0.2) is 0 Å². The normalized spacial score (nSPS) is 16.0. The first-order chi connectivity index (χ1) is 13.5. The summed E-state index contributed by atoms with van der Waals surface area (Å²) < 4.78 is 13.0. The van der Waals surface area contributed by atoms with Gasteiger partial charge in [0.1, 0.15) is 5.82 Å². The fourth-order valence-corrected chi connectivity index (χ4v) is 3.82. The predicted molar refractivity (Wildman–Crippen MR) is 112 cm³/mol. The minimum atomic E-state index is -0.206. The molecule has 1 aliphatic rings. The molecule has 7 heteroatoms. The van der Waals surface area contributed by atoms with Crippen molar-refractivity contribution >= 4 is 34.8 Å². The Morgan fingerprint density at radius 2 is 1.61 bits per heavy atom. The quantitative estimate of drug-likeness (QED) is 0.732. The highest BCUT2D eigenvalue weighted by Gasteiger charge is 2.16. The maximum atomic E-state index is 13.0. The largest absolute Gasteiger partial charge is 0.324 e. The Bertz CT molecular complexity index is 780. The van der Waals surface area contributed by atoms with Gasteiger partial charge in [-0.2, -0.15) is 0 Å². The zero-order chi connectivity index (χ0) is 19.9. The van der Waals surface area contributed by atoms with Gasteiger partial charge >= 0.3 is 0 Å². The average Bonchev–Trinajstić information content (AvgIpc) is 2.90. The molecule has 2 aromatic carbocycles. The molecule has 4 nitrogen and oxygen atoms in total. The van der Waals surface area contributed by atoms with Crippen LogP contribution in [-0.2, 0) is 11.3 Å². The van der Waals surface area contributed by atoms with E-state index in [0.717, 1.165) is 44.7 Å². The molecule has 0 spiro atoms. The number of para-hydroxylation sites is 1. The molecule has 150 valence electrons. The summed E-state index contributed by atoms with van der Waals surface area (Å²) in [4.78, 5) is 17.0. The number of nitrogens with zero attached hydrogens (tertiary/aromatic N) is 2. The van der Waals surface area contributed by atoms with Crippen LogP contribution in [0.2, 0.25) is 10.0 Å². The summed E-state index contributed by atoms with van der Waals surface area (Å²) in [6.45, 7) is 5.30. The van der Waals surface area contributed by atoms with Crippen LogP contribution in [0.5, 0.6) is 0 Å². The van der Waals surface area contributed by atoms with Crippen LogP contribution in [0.15, 0.2) is 42.5 Å². The Kier molecular flexibility index (Phi) is 7.68. The van der Waals surface area contributed by atoms with E-state index >= 15 is 0 Å². The van der Waals surface area contributed by atoms with Crippen LogP contribution in [-0.4, -0.2) is 48.4 Å². The fourth-order valence-electron chi connectivity index (χ4n) is 3.33. The van der Waals surface area contributed by atoms with E-state index in [4.69, 9.17) is 23.2 Å². The molecule has 0 unspecified atom stereocenters. The SMILES string of the molecule is O=C(CCN1CCCN(Cc2ccc(F)cc2)CC1)Nc1c(Cl)cccc1Cl. The van der Waals surface area contributed by atoms with Crippen molar-refractivity contribution in [2.24, 2.45) is 0 Å². The van der Waals surface area contributed by atoms with Crippen molar-refractivity contribution in [2.75, 3.05) is 38.0 Å². The molecule has 2 aromatic rings. The van der Waals surface area contributed by atoms with Crippen molar-refractivity contribution in [1.82, 2.24) is 9.80 Å². The minimum Gasteiger partial charge on any atom is -0.324 e. The lowest BCUT2D eigenvalue weighted by atomic mass is 10.2. The van der Waals surface area contributed by atoms with Crippen LogP contribution >= 0.6 is 23.2 Å². The number of carbonyl (C=O) groups excluding carboxylic acids is 1. The molecule has 28 heavy (non-hydrogen) atoms. The Balaban J connectivity index is 1.44. The molecule has 1 amide bonds. The zero-order valence-electron chi connectivity index (χ0n) is 15.6. The molecule has 0 aromatic heterocycles. The molecule has 0 atom stereocenters. The molecular formula is C21H24Cl2FN3O. The van der Waals surface area contributed by atoms with Gasteiger partial charge in [-0.3, -0.25) is 9.69 Å². The molecule has 1 aliphatic heterocycles. The minimum absolute atomic E-state index is 0.0950. The van der Waals surface area contributed by atoms with Crippen molar-refractivity contribution in [2.45, 2.75) is 19.4 Å². The third kappa shape index (κ3) is 6.17. The van der Waals surface area contributed by atoms with E-state index < -0.39 is 0 Å². The van der Waals surface area contributed by atoms with E-state index in [-0.39, 0.29) is 11.7 Å². The molecule has 0 aliphatic carbocycles. The predicted octanol–water partition coefficient (Wildman–Crippen LogP) is 4.67. The van der Waals surface area contributed by atoms with Gasteiger partial charge < -0.3 is 10.2 Å². The first-order valence-corrected chi connectivity index (χ1v) is 10.2. The Morgan fingerprint density at radius 3 is 2.32 bits per heavy atom. The number of anilines is 1. The molecule has 0 saturated carbocycles. The third-order valence-corrected chi connectivity index (χ3v) is 5.51. The van der Waals surface area contributed by atoms with Crippen LogP contribution in [0.3, 0.4) is 0 Å². The molecule has 0 bridgehead atoms. The van der Waals surface area contributed by atoms with Crippen molar-refractivity contribution in [3.8, 4) is 0 Å². The number of nitrogens with one attached hydrogen (secondary N) is 1. The van der Waals surface area contributed by atoms with Crippen LogP contribution in [0.25, 0.3) is 0 Å². The highest BCUT2D eigenvalue weighted by Crippen LogP contribution is 2.29. The van der Waals surface area contributed by atoms with E-state index in [1.165, 1.54) is 12.1 Å². The maximum absolute atomic E-state index is 13.0. The maximum Gasteiger partial charge on any atom is 0.225 e. The second-order valence-electron chi connectivity index (χ2n) is 6.99. The molecular weight excluding hydrogens is 400 g/mol. The second-order valence-corrected chi connectivity index (χ2v) is 7.81. The average molecular weight is 424 g/mol. The summed E-state index contributed by atoms with van der Waals surface area (Å²) in [5, 5.41) is 3.68. The highest BCUT2D eigenvalue weighted by atomic mass is 35.5. The van der Waals surface area contributed by atoms with E-state index in [0.29, 0.717) is 28.7 Å². The number of benzene rings is 2. The van der Waals surface area contributed by atoms with Crippen LogP contribution in [0, 0.1) is 5.82 Å². The lowest BCUT2D eigenvalue weighted by molar-refractivity contribution is -0.116. The summed E-state index contributed by atoms with van der Waals surface area (Å²) in [7, 11) is 0.